The number of nitriles is 1. The molecule has 1 unspecified atom stereocenters. The highest BCUT2D eigenvalue weighted by molar-refractivity contribution is 6.05. The summed E-state index contributed by atoms with van der Waals surface area (Å²) in [4.78, 5) is 24.9. The monoisotopic (exact) mass is 298 g/mol. The molecule has 22 heavy (non-hydrogen) atoms. The number of rotatable bonds is 5. The van der Waals surface area contributed by atoms with Gasteiger partial charge in [0.15, 0.2) is 5.76 Å². The molecule has 2 rings (SSSR count). The van der Waals surface area contributed by atoms with Gasteiger partial charge in [-0.3, -0.25) is 9.59 Å². The van der Waals surface area contributed by atoms with Gasteiger partial charge in [-0.25, -0.2) is 0 Å². The third-order valence-electron chi connectivity index (χ3n) is 3.17. The molecule has 0 aliphatic carbocycles. The zero-order chi connectivity index (χ0) is 16.1. The van der Waals surface area contributed by atoms with Crippen molar-refractivity contribution >= 4 is 17.6 Å². The van der Waals surface area contributed by atoms with Crippen LogP contribution in [0, 0.1) is 17.2 Å². The lowest BCUT2D eigenvalue weighted by molar-refractivity contribution is -0.140. The lowest BCUT2D eigenvalue weighted by Crippen LogP contribution is -2.37. The fourth-order valence-electron chi connectivity index (χ4n) is 1.98. The number of hydrogen-bond acceptors (Lipinski definition) is 4. The molecule has 0 aliphatic rings. The van der Waals surface area contributed by atoms with E-state index in [4.69, 9.17) is 9.52 Å². The van der Waals surface area contributed by atoms with Crippen LogP contribution >= 0.6 is 0 Å². The lowest BCUT2D eigenvalue weighted by atomic mass is 10.1. The van der Waals surface area contributed by atoms with Crippen molar-refractivity contribution in [1.82, 2.24) is 0 Å². The molecule has 1 amide bonds. The number of anilines is 1. The van der Waals surface area contributed by atoms with Gasteiger partial charge in [-0.15, -0.1) is 0 Å². The molecule has 0 saturated heterocycles. The second kappa shape index (κ2) is 6.59. The lowest BCUT2D eigenvalue weighted by Gasteiger charge is -2.24. The van der Waals surface area contributed by atoms with E-state index in [9.17, 15) is 14.9 Å². The highest BCUT2D eigenvalue weighted by Gasteiger charge is 2.26. The molecule has 0 fully saturated rings. The third kappa shape index (κ3) is 3.15. The SMILES string of the molecule is CC(CN(C(=O)c1ccco1)c1ccccc1C#N)C(=O)O. The van der Waals surface area contributed by atoms with Gasteiger partial charge in [0, 0.05) is 6.54 Å². The molecular weight excluding hydrogens is 284 g/mol. The fourth-order valence-corrected chi connectivity index (χ4v) is 1.98. The van der Waals surface area contributed by atoms with Gasteiger partial charge in [0.1, 0.15) is 6.07 Å². The Morgan fingerprint density at radius 2 is 2.05 bits per heavy atom. The zero-order valence-electron chi connectivity index (χ0n) is 11.9. The number of carbonyl (C=O) groups excluding carboxylic acids is 1. The van der Waals surface area contributed by atoms with Gasteiger partial charge < -0.3 is 14.4 Å². The number of furan rings is 1. The Hall–Kier alpha value is -3.07. The number of carbonyl (C=O) groups is 2. The molecule has 112 valence electrons. The predicted octanol–water partition coefficient (Wildman–Crippen LogP) is 2.52. The van der Waals surface area contributed by atoms with Crippen LogP contribution in [0.4, 0.5) is 5.69 Å². The van der Waals surface area contributed by atoms with Crippen molar-refractivity contribution in [1.29, 1.82) is 5.26 Å². The zero-order valence-corrected chi connectivity index (χ0v) is 11.9. The maximum Gasteiger partial charge on any atom is 0.308 e. The summed E-state index contributed by atoms with van der Waals surface area (Å²) in [5.41, 5.74) is 0.652. The van der Waals surface area contributed by atoms with Crippen LogP contribution < -0.4 is 4.90 Å². The van der Waals surface area contributed by atoms with Crippen molar-refractivity contribution in [3.8, 4) is 6.07 Å². The number of para-hydroxylation sites is 1. The maximum absolute atomic E-state index is 12.6. The first kappa shape index (κ1) is 15.3. The van der Waals surface area contributed by atoms with Gasteiger partial charge >= 0.3 is 5.97 Å². The van der Waals surface area contributed by atoms with Crippen LogP contribution in [-0.2, 0) is 4.79 Å². The minimum absolute atomic E-state index is 0.0619. The standard InChI is InChI=1S/C16H14N2O4/c1-11(16(20)21)10-18(15(19)14-7-4-8-22-14)13-6-3-2-5-12(13)9-17/h2-8,11H,10H2,1H3,(H,20,21). The minimum atomic E-state index is -1.02. The summed E-state index contributed by atoms with van der Waals surface area (Å²) in [5.74, 6) is -2.21. The van der Waals surface area contributed by atoms with E-state index in [0.29, 0.717) is 11.3 Å². The summed E-state index contributed by atoms with van der Waals surface area (Å²) in [7, 11) is 0. The first-order chi connectivity index (χ1) is 10.5. The molecule has 0 saturated carbocycles. The summed E-state index contributed by atoms with van der Waals surface area (Å²) >= 11 is 0. The van der Waals surface area contributed by atoms with Crippen LogP contribution in [0.15, 0.2) is 47.1 Å². The number of aliphatic carboxylic acids is 1. The van der Waals surface area contributed by atoms with E-state index in [1.165, 1.54) is 24.2 Å². The van der Waals surface area contributed by atoms with E-state index >= 15 is 0 Å². The fraction of sp³-hybridized carbons (Fsp3) is 0.188. The number of carboxylic acids is 1. The largest absolute Gasteiger partial charge is 0.481 e. The van der Waals surface area contributed by atoms with Crippen molar-refractivity contribution in [3.05, 3.63) is 54.0 Å². The molecule has 0 aliphatic heterocycles. The topological polar surface area (TPSA) is 94.5 Å². The molecule has 1 atom stereocenters. The van der Waals surface area contributed by atoms with Crippen molar-refractivity contribution in [2.24, 2.45) is 5.92 Å². The summed E-state index contributed by atoms with van der Waals surface area (Å²) in [6, 6.07) is 11.6. The van der Waals surface area contributed by atoms with Crippen molar-refractivity contribution in [3.63, 3.8) is 0 Å². The number of hydrogen-bond donors (Lipinski definition) is 1. The van der Waals surface area contributed by atoms with Crippen LogP contribution in [0.2, 0.25) is 0 Å². The van der Waals surface area contributed by atoms with Crippen molar-refractivity contribution in [2.75, 3.05) is 11.4 Å². The van der Waals surface area contributed by atoms with E-state index < -0.39 is 17.8 Å². The molecule has 0 bridgehead atoms. The Bertz CT molecular complexity index is 716. The Morgan fingerprint density at radius 1 is 1.32 bits per heavy atom. The van der Waals surface area contributed by atoms with Crippen LogP contribution in [-0.4, -0.2) is 23.5 Å². The van der Waals surface area contributed by atoms with Crippen molar-refractivity contribution in [2.45, 2.75) is 6.92 Å². The first-order valence-electron chi connectivity index (χ1n) is 6.62. The van der Waals surface area contributed by atoms with Gasteiger partial charge in [0.25, 0.3) is 5.91 Å². The number of benzene rings is 1. The summed E-state index contributed by atoms with van der Waals surface area (Å²) in [5, 5.41) is 18.3. The minimum Gasteiger partial charge on any atom is -0.481 e. The van der Waals surface area contributed by atoms with Gasteiger partial charge in [0.05, 0.1) is 23.4 Å². The van der Waals surface area contributed by atoms with E-state index in [1.54, 1.807) is 30.3 Å². The van der Waals surface area contributed by atoms with E-state index in [1.807, 2.05) is 6.07 Å². The van der Waals surface area contributed by atoms with Gasteiger partial charge in [0.2, 0.25) is 0 Å². The summed E-state index contributed by atoms with van der Waals surface area (Å²) in [6.07, 6.45) is 1.36. The molecule has 1 aromatic heterocycles. The highest BCUT2D eigenvalue weighted by Crippen LogP contribution is 2.23. The smallest absolute Gasteiger partial charge is 0.308 e. The van der Waals surface area contributed by atoms with Crippen LogP contribution in [0.3, 0.4) is 0 Å². The molecule has 6 heteroatoms. The van der Waals surface area contributed by atoms with E-state index in [-0.39, 0.29) is 12.3 Å². The van der Waals surface area contributed by atoms with Gasteiger partial charge in [-0.05, 0) is 24.3 Å². The predicted molar refractivity (Wildman–Crippen MR) is 78.3 cm³/mol. The summed E-state index contributed by atoms with van der Waals surface area (Å²) < 4.78 is 5.09. The summed E-state index contributed by atoms with van der Waals surface area (Å²) in [6.45, 7) is 1.44. The van der Waals surface area contributed by atoms with Crippen LogP contribution in [0.1, 0.15) is 23.0 Å². The van der Waals surface area contributed by atoms with Gasteiger partial charge in [-0.1, -0.05) is 19.1 Å². The Labute approximate surface area is 127 Å². The molecule has 0 radical (unpaired) electrons. The molecule has 1 heterocycles. The normalized spacial score (nSPS) is 11.5. The molecular formula is C16H14N2O4. The van der Waals surface area contributed by atoms with E-state index in [0.717, 1.165) is 0 Å². The number of carboxylic acid groups (broad SMARTS) is 1. The van der Waals surface area contributed by atoms with Crippen molar-refractivity contribution < 1.29 is 19.1 Å². The average Bonchev–Trinajstić information content (AvgIpc) is 3.06. The second-order valence-electron chi connectivity index (χ2n) is 4.76. The third-order valence-corrected chi connectivity index (χ3v) is 3.17. The first-order valence-corrected chi connectivity index (χ1v) is 6.62. The van der Waals surface area contributed by atoms with Crippen LogP contribution in [0.5, 0.6) is 0 Å². The molecule has 2 aromatic rings. The molecule has 6 nitrogen and oxygen atoms in total. The maximum atomic E-state index is 12.6. The molecule has 1 aromatic carbocycles. The highest BCUT2D eigenvalue weighted by atomic mass is 16.4. The van der Waals surface area contributed by atoms with Crippen LogP contribution in [0.25, 0.3) is 0 Å². The Kier molecular flexibility index (Phi) is 4.59. The Balaban J connectivity index is 2.43. The van der Waals surface area contributed by atoms with Gasteiger partial charge in [-0.2, -0.15) is 5.26 Å². The number of nitrogens with zero attached hydrogens (tertiary/aromatic N) is 2. The van der Waals surface area contributed by atoms with E-state index in [2.05, 4.69) is 0 Å². The number of amides is 1. The molecule has 1 N–H and O–H groups in total. The average molecular weight is 298 g/mol. The second-order valence-corrected chi connectivity index (χ2v) is 4.76. The quantitative estimate of drug-likeness (QED) is 0.915. The molecule has 0 spiro atoms. The Morgan fingerprint density at radius 3 is 2.64 bits per heavy atom.